The van der Waals surface area contributed by atoms with E-state index in [9.17, 15) is 9.50 Å². The van der Waals surface area contributed by atoms with Crippen molar-refractivity contribution in [1.82, 2.24) is 0 Å². The minimum Gasteiger partial charge on any atom is -0.388 e. The first-order valence-electron chi connectivity index (χ1n) is 4.28. The smallest absolute Gasteiger partial charge is 0.124 e. The number of benzene rings is 1. The molecular formula is C10H12ClFO. The van der Waals surface area contributed by atoms with Gasteiger partial charge in [0.2, 0.25) is 0 Å². The van der Waals surface area contributed by atoms with E-state index in [0.29, 0.717) is 17.0 Å². The van der Waals surface area contributed by atoms with Crippen LogP contribution in [0.5, 0.6) is 0 Å². The molecule has 1 aromatic carbocycles. The zero-order valence-corrected chi connectivity index (χ0v) is 8.18. The third-order valence-corrected chi connectivity index (χ3v) is 2.21. The van der Waals surface area contributed by atoms with Gasteiger partial charge >= 0.3 is 0 Å². The Morgan fingerprint density at radius 2 is 2.23 bits per heavy atom. The van der Waals surface area contributed by atoms with Gasteiger partial charge in [-0.1, -0.05) is 31.0 Å². The standard InChI is InChI=1S/C10H12ClFO/c1-2-3-10(13)8-5-4-7(12)6-9(8)11/h4-6,10,13H,2-3H2,1H3/t10-/m1/s1. The van der Waals surface area contributed by atoms with Crippen LogP contribution in [-0.2, 0) is 0 Å². The summed E-state index contributed by atoms with van der Waals surface area (Å²) < 4.78 is 12.6. The van der Waals surface area contributed by atoms with Crippen molar-refractivity contribution in [2.45, 2.75) is 25.9 Å². The summed E-state index contributed by atoms with van der Waals surface area (Å²) in [4.78, 5) is 0. The maximum atomic E-state index is 12.6. The second-order valence-corrected chi connectivity index (χ2v) is 3.38. The Kier molecular flexibility index (Phi) is 3.70. The molecule has 1 nitrogen and oxygen atoms in total. The van der Waals surface area contributed by atoms with Gasteiger partial charge in [0, 0.05) is 5.02 Å². The summed E-state index contributed by atoms with van der Waals surface area (Å²) in [5.41, 5.74) is 0.602. The van der Waals surface area contributed by atoms with Gasteiger partial charge in [0.05, 0.1) is 6.10 Å². The average Bonchev–Trinajstić information content (AvgIpc) is 2.04. The summed E-state index contributed by atoms with van der Waals surface area (Å²) in [7, 11) is 0. The molecule has 0 unspecified atom stereocenters. The molecule has 0 spiro atoms. The van der Waals surface area contributed by atoms with Crippen molar-refractivity contribution < 1.29 is 9.50 Å². The molecule has 1 aromatic rings. The van der Waals surface area contributed by atoms with Crippen LogP contribution in [0, 0.1) is 5.82 Å². The Hall–Kier alpha value is -0.600. The molecule has 1 atom stereocenters. The van der Waals surface area contributed by atoms with E-state index in [4.69, 9.17) is 11.6 Å². The van der Waals surface area contributed by atoms with Gasteiger partial charge in [-0.15, -0.1) is 0 Å². The monoisotopic (exact) mass is 202 g/mol. The van der Waals surface area contributed by atoms with Crippen LogP contribution < -0.4 is 0 Å². The zero-order chi connectivity index (χ0) is 9.84. The van der Waals surface area contributed by atoms with Crippen LogP contribution in [0.25, 0.3) is 0 Å². The Morgan fingerprint density at radius 3 is 2.77 bits per heavy atom. The van der Waals surface area contributed by atoms with E-state index in [0.717, 1.165) is 6.42 Å². The molecule has 3 heteroatoms. The Labute approximate surface area is 82.2 Å². The molecule has 0 saturated carbocycles. The number of rotatable bonds is 3. The quantitative estimate of drug-likeness (QED) is 0.798. The topological polar surface area (TPSA) is 20.2 Å². The van der Waals surface area contributed by atoms with Gasteiger partial charge in [-0.25, -0.2) is 4.39 Å². The molecule has 0 fully saturated rings. The highest BCUT2D eigenvalue weighted by molar-refractivity contribution is 6.31. The van der Waals surface area contributed by atoms with Gasteiger partial charge in [0.15, 0.2) is 0 Å². The summed E-state index contributed by atoms with van der Waals surface area (Å²) in [6.45, 7) is 1.97. The molecule has 0 saturated heterocycles. The van der Waals surface area contributed by atoms with E-state index >= 15 is 0 Å². The van der Waals surface area contributed by atoms with Gasteiger partial charge in [-0.2, -0.15) is 0 Å². The van der Waals surface area contributed by atoms with Crippen LogP contribution >= 0.6 is 11.6 Å². The fourth-order valence-electron chi connectivity index (χ4n) is 1.20. The fourth-order valence-corrected chi connectivity index (χ4v) is 1.49. The van der Waals surface area contributed by atoms with E-state index in [1.54, 1.807) is 0 Å². The summed E-state index contributed by atoms with van der Waals surface area (Å²) in [5.74, 6) is -0.377. The molecule has 0 heterocycles. The third kappa shape index (κ3) is 2.68. The molecule has 72 valence electrons. The van der Waals surface area contributed by atoms with Crippen molar-refractivity contribution in [1.29, 1.82) is 0 Å². The van der Waals surface area contributed by atoms with E-state index in [1.165, 1.54) is 18.2 Å². The van der Waals surface area contributed by atoms with E-state index in [2.05, 4.69) is 0 Å². The minimum atomic E-state index is -0.585. The molecule has 0 aliphatic heterocycles. The molecule has 0 bridgehead atoms. The second-order valence-electron chi connectivity index (χ2n) is 2.97. The van der Waals surface area contributed by atoms with Crippen LogP contribution in [0.2, 0.25) is 5.02 Å². The molecule has 0 aliphatic rings. The normalized spacial score (nSPS) is 12.9. The molecule has 1 rings (SSSR count). The number of hydrogen-bond donors (Lipinski definition) is 1. The highest BCUT2D eigenvalue weighted by atomic mass is 35.5. The first-order chi connectivity index (χ1) is 6.15. The van der Waals surface area contributed by atoms with E-state index in [-0.39, 0.29) is 5.82 Å². The van der Waals surface area contributed by atoms with Crippen LogP contribution in [0.3, 0.4) is 0 Å². The molecule has 0 radical (unpaired) electrons. The van der Waals surface area contributed by atoms with Gasteiger partial charge in [0.25, 0.3) is 0 Å². The van der Waals surface area contributed by atoms with Gasteiger partial charge in [0.1, 0.15) is 5.82 Å². The van der Waals surface area contributed by atoms with Gasteiger partial charge < -0.3 is 5.11 Å². The molecule has 0 aliphatic carbocycles. The number of aliphatic hydroxyl groups excluding tert-OH is 1. The van der Waals surface area contributed by atoms with E-state index < -0.39 is 6.10 Å². The fraction of sp³-hybridized carbons (Fsp3) is 0.400. The van der Waals surface area contributed by atoms with Crippen molar-refractivity contribution in [3.05, 3.63) is 34.6 Å². The van der Waals surface area contributed by atoms with Crippen LogP contribution in [0.1, 0.15) is 31.4 Å². The lowest BCUT2D eigenvalue weighted by atomic mass is 10.1. The summed E-state index contributed by atoms with van der Waals surface area (Å²) >= 11 is 5.76. The van der Waals surface area contributed by atoms with Crippen LogP contribution in [-0.4, -0.2) is 5.11 Å². The number of hydrogen-bond acceptors (Lipinski definition) is 1. The van der Waals surface area contributed by atoms with Crippen LogP contribution in [0.4, 0.5) is 4.39 Å². The molecule has 0 aromatic heterocycles. The van der Waals surface area contributed by atoms with Crippen molar-refractivity contribution in [3.8, 4) is 0 Å². The molecule has 0 amide bonds. The largest absolute Gasteiger partial charge is 0.388 e. The predicted molar refractivity (Wildman–Crippen MR) is 51.3 cm³/mol. The Morgan fingerprint density at radius 1 is 1.54 bits per heavy atom. The van der Waals surface area contributed by atoms with Gasteiger partial charge in [-0.05, 0) is 24.1 Å². The lowest BCUT2D eigenvalue weighted by molar-refractivity contribution is 0.166. The predicted octanol–water partition coefficient (Wildman–Crippen LogP) is 3.31. The summed E-state index contributed by atoms with van der Waals surface area (Å²) in [6, 6.07) is 4.05. The zero-order valence-electron chi connectivity index (χ0n) is 7.43. The number of halogens is 2. The molecule has 1 N–H and O–H groups in total. The van der Waals surface area contributed by atoms with Crippen molar-refractivity contribution in [2.75, 3.05) is 0 Å². The SMILES string of the molecule is CCC[C@@H](O)c1ccc(F)cc1Cl. The Balaban J connectivity index is 2.88. The first-order valence-corrected chi connectivity index (χ1v) is 4.66. The maximum Gasteiger partial charge on any atom is 0.124 e. The highest BCUT2D eigenvalue weighted by Gasteiger charge is 2.10. The van der Waals surface area contributed by atoms with Gasteiger partial charge in [-0.3, -0.25) is 0 Å². The first kappa shape index (κ1) is 10.5. The maximum absolute atomic E-state index is 12.6. The lowest BCUT2D eigenvalue weighted by Gasteiger charge is -2.10. The average molecular weight is 203 g/mol. The van der Waals surface area contributed by atoms with Crippen molar-refractivity contribution >= 4 is 11.6 Å². The lowest BCUT2D eigenvalue weighted by Crippen LogP contribution is -1.97. The van der Waals surface area contributed by atoms with E-state index in [1.807, 2.05) is 6.92 Å². The Bertz CT molecular complexity index is 288. The minimum absolute atomic E-state index is 0.293. The molecular weight excluding hydrogens is 191 g/mol. The summed E-state index contributed by atoms with van der Waals surface area (Å²) in [6.07, 6.45) is 0.929. The van der Waals surface area contributed by atoms with Crippen molar-refractivity contribution in [2.24, 2.45) is 0 Å². The second kappa shape index (κ2) is 4.58. The number of aliphatic hydroxyl groups is 1. The van der Waals surface area contributed by atoms with Crippen molar-refractivity contribution in [3.63, 3.8) is 0 Å². The highest BCUT2D eigenvalue weighted by Crippen LogP contribution is 2.26. The van der Waals surface area contributed by atoms with Crippen LogP contribution in [0.15, 0.2) is 18.2 Å². The molecule has 13 heavy (non-hydrogen) atoms. The third-order valence-electron chi connectivity index (χ3n) is 1.88. The summed E-state index contributed by atoms with van der Waals surface area (Å²) in [5, 5.41) is 9.88.